The first-order valence-electron chi connectivity index (χ1n) is 8.26. The van der Waals surface area contributed by atoms with Gasteiger partial charge in [-0.25, -0.2) is 0 Å². The SMILES string of the molecule is CCN1CCN(C[C@@H](O)COCCOc2ccc(Br)cc2)CC1. The second kappa shape index (κ2) is 10.3. The van der Waals surface area contributed by atoms with Gasteiger partial charge in [0.25, 0.3) is 0 Å². The highest BCUT2D eigenvalue weighted by Crippen LogP contribution is 2.15. The lowest BCUT2D eigenvalue weighted by atomic mass is 10.2. The topological polar surface area (TPSA) is 45.2 Å². The van der Waals surface area contributed by atoms with Crippen molar-refractivity contribution in [2.75, 3.05) is 59.1 Å². The Morgan fingerprint density at radius 1 is 1.09 bits per heavy atom. The van der Waals surface area contributed by atoms with Crippen LogP contribution in [0.5, 0.6) is 5.75 Å². The number of hydrogen-bond donors (Lipinski definition) is 1. The van der Waals surface area contributed by atoms with Gasteiger partial charge < -0.3 is 19.5 Å². The zero-order valence-electron chi connectivity index (χ0n) is 13.8. The third kappa shape index (κ3) is 7.18. The van der Waals surface area contributed by atoms with E-state index < -0.39 is 6.10 Å². The van der Waals surface area contributed by atoms with Gasteiger partial charge in [0, 0.05) is 37.2 Å². The van der Waals surface area contributed by atoms with Gasteiger partial charge in [0.15, 0.2) is 0 Å². The summed E-state index contributed by atoms with van der Waals surface area (Å²) in [6.45, 7) is 9.54. The van der Waals surface area contributed by atoms with Gasteiger partial charge >= 0.3 is 0 Å². The lowest BCUT2D eigenvalue weighted by molar-refractivity contribution is 0.000391. The predicted molar refractivity (Wildman–Crippen MR) is 95.0 cm³/mol. The molecule has 1 heterocycles. The lowest BCUT2D eigenvalue weighted by Gasteiger charge is -2.34. The zero-order chi connectivity index (χ0) is 16.5. The van der Waals surface area contributed by atoms with Crippen molar-refractivity contribution in [2.24, 2.45) is 0 Å². The molecule has 1 atom stereocenters. The van der Waals surface area contributed by atoms with Gasteiger partial charge in [0.1, 0.15) is 12.4 Å². The average Bonchev–Trinajstić information content (AvgIpc) is 2.57. The van der Waals surface area contributed by atoms with Crippen molar-refractivity contribution >= 4 is 15.9 Å². The van der Waals surface area contributed by atoms with E-state index in [9.17, 15) is 5.11 Å². The number of ether oxygens (including phenoxy) is 2. The monoisotopic (exact) mass is 386 g/mol. The minimum atomic E-state index is -0.434. The quantitative estimate of drug-likeness (QED) is 0.656. The van der Waals surface area contributed by atoms with E-state index in [1.165, 1.54) is 0 Å². The number of β-amino-alcohol motifs (C(OH)–C–C–N with tert-alkyl or cyclic N) is 1. The van der Waals surface area contributed by atoms with E-state index in [-0.39, 0.29) is 0 Å². The third-order valence-corrected chi connectivity index (χ3v) is 4.53. The smallest absolute Gasteiger partial charge is 0.119 e. The molecule has 0 amide bonds. The number of rotatable bonds is 9. The van der Waals surface area contributed by atoms with Crippen molar-refractivity contribution < 1.29 is 14.6 Å². The highest BCUT2D eigenvalue weighted by molar-refractivity contribution is 9.10. The highest BCUT2D eigenvalue weighted by Gasteiger charge is 2.18. The number of benzene rings is 1. The second-order valence-corrected chi connectivity index (χ2v) is 6.68. The fourth-order valence-electron chi connectivity index (χ4n) is 2.61. The Hall–Kier alpha value is -0.660. The summed E-state index contributed by atoms with van der Waals surface area (Å²) in [7, 11) is 0. The van der Waals surface area contributed by atoms with Crippen LogP contribution in [-0.4, -0.2) is 80.1 Å². The van der Waals surface area contributed by atoms with Crippen LogP contribution in [0.25, 0.3) is 0 Å². The Labute approximate surface area is 147 Å². The summed E-state index contributed by atoms with van der Waals surface area (Å²) in [6, 6.07) is 7.71. The van der Waals surface area contributed by atoms with Crippen molar-refractivity contribution in [3.63, 3.8) is 0 Å². The molecule has 0 aromatic heterocycles. The molecule has 2 rings (SSSR count). The molecule has 0 aliphatic carbocycles. The van der Waals surface area contributed by atoms with Crippen molar-refractivity contribution in [1.29, 1.82) is 0 Å². The van der Waals surface area contributed by atoms with Crippen molar-refractivity contribution in [3.05, 3.63) is 28.7 Å². The summed E-state index contributed by atoms with van der Waals surface area (Å²) < 4.78 is 12.1. The van der Waals surface area contributed by atoms with E-state index >= 15 is 0 Å². The Balaban J connectivity index is 1.51. The Morgan fingerprint density at radius 2 is 1.74 bits per heavy atom. The molecule has 6 heteroatoms. The van der Waals surface area contributed by atoms with Gasteiger partial charge in [-0.1, -0.05) is 22.9 Å². The van der Waals surface area contributed by atoms with Crippen molar-refractivity contribution in [2.45, 2.75) is 13.0 Å². The minimum absolute atomic E-state index is 0.359. The summed E-state index contributed by atoms with van der Waals surface area (Å²) in [5, 5.41) is 10.0. The number of halogens is 1. The molecule has 1 fully saturated rings. The van der Waals surface area contributed by atoms with E-state index in [0.29, 0.717) is 26.4 Å². The van der Waals surface area contributed by atoms with E-state index in [2.05, 4.69) is 32.7 Å². The maximum Gasteiger partial charge on any atom is 0.119 e. The van der Waals surface area contributed by atoms with Crippen LogP contribution in [0.2, 0.25) is 0 Å². The summed E-state index contributed by atoms with van der Waals surface area (Å²) in [6.07, 6.45) is -0.434. The van der Waals surface area contributed by atoms with E-state index in [4.69, 9.17) is 9.47 Å². The van der Waals surface area contributed by atoms with E-state index in [0.717, 1.165) is 42.9 Å². The first kappa shape index (κ1) is 18.7. The maximum atomic E-state index is 10.0. The maximum absolute atomic E-state index is 10.0. The molecule has 130 valence electrons. The number of nitrogens with zero attached hydrogens (tertiary/aromatic N) is 2. The fourth-order valence-corrected chi connectivity index (χ4v) is 2.87. The first-order valence-corrected chi connectivity index (χ1v) is 9.05. The molecular formula is C17H27BrN2O3. The molecule has 0 unspecified atom stereocenters. The molecule has 0 bridgehead atoms. The molecule has 0 spiro atoms. The van der Waals surface area contributed by atoms with Gasteiger partial charge in [0.2, 0.25) is 0 Å². The molecule has 1 aliphatic heterocycles. The van der Waals surface area contributed by atoms with Crippen LogP contribution in [-0.2, 0) is 4.74 Å². The molecule has 1 aliphatic rings. The largest absolute Gasteiger partial charge is 0.491 e. The minimum Gasteiger partial charge on any atom is -0.491 e. The first-order chi connectivity index (χ1) is 11.2. The summed E-state index contributed by atoms with van der Waals surface area (Å²) in [4.78, 5) is 4.73. The van der Waals surface area contributed by atoms with E-state index in [1.807, 2.05) is 24.3 Å². The second-order valence-electron chi connectivity index (χ2n) is 5.77. The van der Waals surface area contributed by atoms with Gasteiger partial charge in [-0.3, -0.25) is 4.90 Å². The van der Waals surface area contributed by atoms with Gasteiger partial charge in [-0.05, 0) is 30.8 Å². The van der Waals surface area contributed by atoms with Crippen LogP contribution in [0, 0.1) is 0 Å². The average molecular weight is 387 g/mol. The molecule has 5 nitrogen and oxygen atoms in total. The van der Waals surface area contributed by atoms with Crippen molar-refractivity contribution in [3.8, 4) is 5.75 Å². The summed E-state index contributed by atoms with van der Waals surface area (Å²) >= 11 is 3.39. The van der Waals surface area contributed by atoms with Crippen LogP contribution in [0.4, 0.5) is 0 Å². The molecule has 1 N–H and O–H groups in total. The van der Waals surface area contributed by atoms with Crippen LogP contribution >= 0.6 is 15.9 Å². The summed E-state index contributed by atoms with van der Waals surface area (Å²) in [5.41, 5.74) is 0. The molecule has 0 radical (unpaired) electrons. The fraction of sp³-hybridized carbons (Fsp3) is 0.647. The Bertz CT molecular complexity index is 436. The molecule has 1 saturated heterocycles. The number of aliphatic hydroxyl groups excluding tert-OH is 1. The zero-order valence-corrected chi connectivity index (χ0v) is 15.4. The van der Waals surface area contributed by atoms with Gasteiger partial charge in [0.05, 0.1) is 19.3 Å². The lowest BCUT2D eigenvalue weighted by Crippen LogP contribution is -2.48. The Kier molecular flexibility index (Phi) is 8.33. The molecule has 1 aromatic carbocycles. The number of likely N-dealkylation sites (N-methyl/N-ethyl adjacent to an activating group) is 1. The van der Waals surface area contributed by atoms with Gasteiger partial charge in [-0.15, -0.1) is 0 Å². The van der Waals surface area contributed by atoms with Gasteiger partial charge in [-0.2, -0.15) is 0 Å². The van der Waals surface area contributed by atoms with Crippen LogP contribution < -0.4 is 4.74 Å². The normalized spacial score (nSPS) is 18.0. The number of aliphatic hydroxyl groups is 1. The third-order valence-electron chi connectivity index (χ3n) is 4.00. The van der Waals surface area contributed by atoms with Crippen LogP contribution in [0.15, 0.2) is 28.7 Å². The standard InChI is InChI=1S/C17H27BrN2O3/c1-2-19-7-9-20(10-8-19)13-16(21)14-22-11-12-23-17-5-3-15(18)4-6-17/h3-6,16,21H,2,7-14H2,1H3/t16-/m1/s1. The number of piperazine rings is 1. The molecule has 23 heavy (non-hydrogen) atoms. The van der Waals surface area contributed by atoms with Crippen molar-refractivity contribution in [1.82, 2.24) is 9.80 Å². The van der Waals surface area contributed by atoms with Crippen LogP contribution in [0.3, 0.4) is 0 Å². The van der Waals surface area contributed by atoms with E-state index in [1.54, 1.807) is 0 Å². The molecule has 1 aromatic rings. The number of hydrogen-bond acceptors (Lipinski definition) is 5. The summed E-state index contributed by atoms with van der Waals surface area (Å²) in [5.74, 6) is 0.825. The molecular weight excluding hydrogens is 360 g/mol. The molecule has 0 saturated carbocycles. The highest BCUT2D eigenvalue weighted by atomic mass is 79.9. The van der Waals surface area contributed by atoms with Crippen LogP contribution in [0.1, 0.15) is 6.92 Å². The predicted octanol–water partition coefficient (Wildman–Crippen LogP) is 1.84. The Morgan fingerprint density at radius 3 is 2.39 bits per heavy atom.